The fourth-order valence-electron chi connectivity index (χ4n) is 14.0. The minimum atomic E-state index is -1.92. The van der Waals surface area contributed by atoms with Crippen LogP contribution in [0.1, 0.15) is 207 Å². The number of hydrogen-bond donors (Lipinski definition) is 17. The molecule has 3 saturated heterocycles. The highest BCUT2D eigenvalue weighted by atomic mass is 16.3. The van der Waals surface area contributed by atoms with Gasteiger partial charge in [0.15, 0.2) is 0 Å². The molecule has 3 aliphatic heterocycles. The molecule has 0 aliphatic carbocycles. The normalized spacial score (nSPS) is 19.3. The van der Waals surface area contributed by atoms with Crippen molar-refractivity contribution >= 4 is 100 Å². The number of likely N-dealkylation sites (tertiary alicyclic amines) is 3. The quantitative estimate of drug-likeness (QED) is 0.0346. The molecule has 2 aromatic rings. The lowest BCUT2D eigenvalue weighted by atomic mass is 9.93. The van der Waals surface area contributed by atoms with Crippen molar-refractivity contribution in [3.63, 3.8) is 0 Å². The number of nitrogens with one attached hydrogen (secondary N) is 13. The molecule has 120 heavy (non-hydrogen) atoms. The number of nitrogens with zero attached hydrogens (tertiary/aromatic N) is 3. The molecular weight excluding hydrogens is 1560 g/mol. The summed E-state index contributed by atoms with van der Waals surface area (Å²) in [6, 6.07) is 8.18. The average Bonchev–Trinajstić information content (AvgIpc) is 1.66. The lowest BCUT2D eigenvalue weighted by Gasteiger charge is -2.38. The van der Waals surface area contributed by atoms with E-state index in [1.807, 2.05) is 30.3 Å². The largest absolute Gasteiger partial charge is 0.394 e. The van der Waals surface area contributed by atoms with E-state index in [4.69, 9.17) is 5.73 Å². The van der Waals surface area contributed by atoms with Crippen molar-refractivity contribution in [3.8, 4) is 0 Å². The molecule has 18 N–H and O–H groups in total. The van der Waals surface area contributed by atoms with Crippen LogP contribution in [0, 0.1) is 5.92 Å². The van der Waals surface area contributed by atoms with Crippen LogP contribution in [0.4, 0.5) is 0 Å². The maximum Gasteiger partial charge on any atom is 0.248 e. The lowest BCUT2D eigenvalue weighted by Crippen LogP contribution is -2.68. The fourth-order valence-corrected chi connectivity index (χ4v) is 14.0. The Hall–Kier alpha value is -10.7. The van der Waals surface area contributed by atoms with Crippen LogP contribution in [0.15, 0.2) is 60.7 Å². The van der Waals surface area contributed by atoms with Gasteiger partial charge in [0.1, 0.15) is 86.6 Å². The van der Waals surface area contributed by atoms with E-state index >= 15 is 0 Å². The maximum atomic E-state index is 14.8. The van der Waals surface area contributed by atoms with E-state index in [9.17, 15) is 96.8 Å². The molecule has 0 aromatic heterocycles. The molecule has 3 heterocycles. The molecule has 0 saturated carbocycles. The Kier molecular flexibility index (Phi) is 34.2. The number of β-amino-alcohol motifs (C(OH)–C–C–N with tert-alkyl or cyclic N) is 2. The molecular formula is C83H129N17O20. The summed E-state index contributed by atoms with van der Waals surface area (Å²) in [5, 5.41) is 66.5. The summed E-state index contributed by atoms with van der Waals surface area (Å²) in [4.78, 5) is 241. The summed E-state index contributed by atoms with van der Waals surface area (Å²) in [6.07, 6.45) is -3.18. The first-order valence-electron chi connectivity index (χ1n) is 40.7. The van der Waals surface area contributed by atoms with Crippen LogP contribution < -0.4 is 74.9 Å². The van der Waals surface area contributed by atoms with E-state index in [1.54, 1.807) is 58.0 Å². The number of carbonyl (C=O) groups excluding carboxylic acids is 17. The van der Waals surface area contributed by atoms with Crippen molar-refractivity contribution in [3.05, 3.63) is 71.8 Å². The first-order valence-corrected chi connectivity index (χ1v) is 40.7. The Morgan fingerprint density at radius 2 is 0.867 bits per heavy atom. The summed E-state index contributed by atoms with van der Waals surface area (Å²) in [7, 11) is 0. The van der Waals surface area contributed by atoms with E-state index in [1.165, 1.54) is 116 Å². The third-order valence-corrected chi connectivity index (χ3v) is 21.9. The van der Waals surface area contributed by atoms with Crippen LogP contribution in [-0.4, -0.2) is 262 Å². The van der Waals surface area contributed by atoms with Crippen molar-refractivity contribution in [2.75, 3.05) is 26.2 Å². The van der Waals surface area contributed by atoms with Crippen LogP contribution in [0.25, 0.3) is 0 Å². The highest BCUT2D eigenvalue weighted by molar-refractivity contribution is 6.04. The minimum absolute atomic E-state index is 0.00363. The van der Waals surface area contributed by atoms with Gasteiger partial charge in [-0.3, -0.25) is 81.5 Å². The average molecular weight is 1690 g/mol. The number of benzene rings is 2. The second-order valence-corrected chi connectivity index (χ2v) is 35.7. The van der Waals surface area contributed by atoms with Crippen molar-refractivity contribution in [2.24, 2.45) is 11.7 Å². The number of hydrogen-bond acceptors (Lipinski definition) is 20. The molecule has 0 radical (unpaired) electrons. The van der Waals surface area contributed by atoms with Gasteiger partial charge in [0.25, 0.3) is 0 Å². The second-order valence-electron chi connectivity index (χ2n) is 35.7. The van der Waals surface area contributed by atoms with Gasteiger partial charge in [0.05, 0.1) is 24.9 Å². The standard InChI is InChI=1S/C83H129N17O20/c1-21-82(19,92-64(109)55(38-46(3)4)89-61(106)47(5)85-68(113)76(7,8)94-70(115)78(11,12)96-71(116)79(13,14)95-69(114)77(9,10)90-63(108)56(86-48(6)102)40-50-32-27-24-28-33-50)72(117)97-81(17,18)74(119)99-43-52(103)41-58(99)66(111)88-54(35-36-60(84)105)62(107)93-83(20,22-2)75(120)100-44-53(104)42-59(100)67(112)91-80(15,16)73(118)98-37-29-34-57(98)65(110)87-51(45-101)39-49-30-25-23-26-31-49/h23-28,30-33,46-47,51-59,101,103-104H,21-22,29,34-45H2,1-20H3,(H2,84,105)(H,85,113)(H,86,102)(H,87,110)(H,88,111)(H,89,106)(H,90,108)(H,91,112)(H,92,109)(H,93,107)(H,94,115)(H,95,114)(H,96,116)(H,97,117)/t47-,51-,52+,53+,54-,55-,56-,57+,58-,59-,82+,83-/m0/s1. The smallest absolute Gasteiger partial charge is 0.248 e. The molecule has 37 nitrogen and oxygen atoms in total. The summed E-state index contributed by atoms with van der Waals surface area (Å²) in [6.45, 7) is 27.2. The van der Waals surface area contributed by atoms with E-state index < -0.39 is 225 Å². The van der Waals surface area contributed by atoms with Gasteiger partial charge in [-0.05, 0) is 166 Å². The highest BCUT2D eigenvalue weighted by Gasteiger charge is 2.52. The summed E-state index contributed by atoms with van der Waals surface area (Å²) in [5.74, 6) is -14.0. The Morgan fingerprint density at radius 1 is 0.442 bits per heavy atom. The van der Waals surface area contributed by atoms with Crippen LogP contribution in [-0.2, 0) is 94.3 Å². The molecule has 0 bridgehead atoms. The van der Waals surface area contributed by atoms with Crippen molar-refractivity contribution in [1.29, 1.82) is 0 Å². The zero-order chi connectivity index (χ0) is 90.9. The first kappa shape index (κ1) is 99.9. The first-order chi connectivity index (χ1) is 55.4. The van der Waals surface area contributed by atoms with Gasteiger partial charge in [0.2, 0.25) is 100 Å². The van der Waals surface area contributed by atoms with Gasteiger partial charge in [-0.1, -0.05) is 88.4 Å². The number of rotatable bonds is 40. The SMILES string of the molecule is CC[C@@](C)(NC(=O)[C@H](CC(C)C)NC(=O)[C@H](C)NC(=O)C(C)(C)NC(=O)C(C)(C)NC(=O)C(C)(C)NC(=O)C(C)(C)NC(=O)[C@H](Cc1ccccc1)NC(C)=O)C(=O)NC(C)(C)C(=O)N1C[C@H](O)C[C@H]1C(=O)N[C@@H](CCC(N)=O)C(=O)N[C@@](C)(CC)C(=O)N1C[C@H](O)C[C@H]1C(=O)NC(C)(C)C(=O)N1CCC[C@@H]1C(=O)N[C@H](CO)Cc1ccccc1. The molecule has 666 valence electrons. The highest BCUT2D eigenvalue weighted by Crippen LogP contribution is 2.29. The zero-order valence-corrected chi connectivity index (χ0v) is 72.9. The number of nitrogens with two attached hydrogens (primary N) is 1. The molecule has 0 unspecified atom stereocenters. The number of primary amides is 1. The lowest BCUT2D eigenvalue weighted by molar-refractivity contribution is -0.149. The van der Waals surface area contributed by atoms with Gasteiger partial charge in [-0.2, -0.15) is 0 Å². The Morgan fingerprint density at radius 3 is 1.35 bits per heavy atom. The topological polar surface area (TPSA) is 543 Å². The minimum Gasteiger partial charge on any atom is -0.394 e. The summed E-state index contributed by atoms with van der Waals surface area (Å²) >= 11 is 0. The van der Waals surface area contributed by atoms with Gasteiger partial charge >= 0.3 is 0 Å². The number of aliphatic hydroxyl groups is 3. The van der Waals surface area contributed by atoms with Crippen LogP contribution >= 0.6 is 0 Å². The molecule has 37 heteroatoms. The Bertz CT molecular complexity index is 4120. The number of amides is 17. The van der Waals surface area contributed by atoms with Gasteiger partial charge in [0, 0.05) is 52.2 Å². The molecule has 5 rings (SSSR count). The zero-order valence-electron chi connectivity index (χ0n) is 72.9. The van der Waals surface area contributed by atoms with Crippen LogP contribution in [0.3, 0.4) is 0 Å². The van der Waals surface area contributed by atoms with Gasteiger partial charge < -0.3 is 105 Å². The third kappa shape index (κ3) is 26.9. The van der Waals surface area contributed by atoms with Gasteiger partial charge in [-0.15, -0.1) is 0 Å². The predicted molar refractivity (Wildman–Crippen MR) is 440 cm³/mol. The van der Waals surface area contributed by atoms with Crippen LogP contribution in [0.2, 0.25) is 0 Å². The van der Waals surface area contributed by atoms with Gasteiger partial charge in [-0.25, -0.2) is 0 Å². The van der Waals surface area contributed by atoms with Crippen molar-refractivity contribution < 1.29 is 96.8 Å². The number of carbonyl (C=O) groups is 17. The third-order valence-electron chi connectivity index (χ3n) is 21.9. The molecule has 0 spiro atoms. The fraction of sp³-hybridized carbons (Fsp3) is 0.651. The van der Waals surface area contributed by atoms with E-state index in [0.717, 1.165) is 20.9 Å². The molecule has 17 amide bonds. The second kappa shape index (κ2) is 41.0. The van der Waals surface area contributed by atoms with Crippen LogP contribution in [0.5, 0.6) is 0 Å². The monoisotopic (exact) mass is 1680 g/mol. The molecule has 3 fully saturated rings. The Labute approximate surface area is 701 Å². The molecule has 2 aromatic carbocycles. The summed E-state index contributed by atoms with van der Waals surface area (Å²) in [5.41, 5.74) is -7.03. The molecule has 12 atom stereocenters. The summed E-state index contributed by atoms with van der Waals surface area (Å²) < 4.78 is 0. The maximum absolute atomic E-state index is 14.8. The molecule has 3 aliphatic rings. The van der Waals surface area contributed by atoms with E-state index in [0.29, 0.717) is 19.3 Å². The predicted octanol–water partition coefficient (Wildman–Crippen LogP) is -1.91. The van der Waals surface area contributed by atoms with E-state index in [-0.39, 0.29) is 64.1 Å². The number of aliphatic hydroxyl groups excluding tert-OH is 3. The van der Waals surface area contributed by atoms with E-state index in [2.05, 4.69) is 69.1 Å². The van der Waals surface area contributed by atoms with Crippen molar-refractivity contribution in [2.45, 2.75) is 314 Å². The van der Waals surface area contributed by atoms with Crippen molar-refractivity contribution in [1.82, 2.24) is 83.8 Å². The Balaban J connectivity index is 1.20.